The molecular weight excluding hydrogens is 324 g/mol. The molecule has 0 aliphatic heterocycles. The van der Waals surface area contributed by atoms with E-state index in [9.17, 15) is 0 Å². The molecule has 6 heteroatoms. The van der Waals surface area contributed by atoms with Crippen LogP contribution < -0.4 is 22.6 Å². The van der Waals surface area contributed by atoms with Crippen molar-refractivity contribution in [1.82, 2.24) is 15.3 Å². The van der Waals surface area contributed by atoms with Gasteiger partial charge >= 0.3 is 0 Å². The predicted octanol–water partition coefficient (Wildman–Crippen LogP) is 2.13. The van der Waals surface area contributed by atoms with Crippen LogP contribution in [0.1, 0.15) is 57.0 Å². The number of hydrogen-bond donors (Lipinski definition) is 4. The molecule has 2 rings (SSSR count). The second kappa shape index (κ2) is 11.2. The Kier molecular flexibility index (Phi) is 9.62. The van der Waals surface area contributed by atoms with E-state index in [1.165, 1.54) is 18.4 Å². The number of pyridine rings is 1. The minimum Gasteiger partial charge on any atom is -0.395 e. The number of likely N-dealkylation sites (N-methyl/N-ethyl adjacent to an activating group) is 1. The molecule has 1 aromatic heterocycles. The van der Waals surface area contributed by atoms with Gasteiger partial charge in [0.2, 0.25) is 0 Å². The van der Waals surface area contributed by atoms with Gasteiger partial charge < -0.3 is 21.8 Å². The van der Waals surface area contributed by atoms with Gasteiger partial charge in [-0.05, 0) is 37.3 Å². The molecule has 0 bridgehead atoms. The van der Waals surface area contributed by atoms with Crippen LogP contribution in [0, 0.1) is 12.8 Å². The first kappa shape index (κ1) is 22.4. The molecule has 0 radical (unpaired) electrons. The number of nitrogens with two attached hydrogens (primary N) is 3. The fourth-order valence-electron chi connectivity index (χ4n) is 2.88. The maximum atomic E-state index is 6.35. The van der Waals surface area contributed by atoms with Crippen molar-refractivity contribution in [1.29, 1.82) is 0 Å². The van der Waals surface area contributed by atoms with E-state index in [1.54, 1.807) is 12.1 Å². The standard InChI is InChI=1S/C18H32N6.C2H6/c1-4-15-12(2)5-8-16(23-15)18(20)17(24(3)21)11-22-10-14(19)9-13-6-7-13;1-2/h5,8,13-14,22H,4,6-7,9-11,19-21H2,1-3H3;1-2H3/b18-17-;. The summed E-state index contributed by atoms with van der Waals surface area (Å²) < 4.78 is 0. The van der Waals surface area contributed by atoms with Crippen LogP contribution in [-0.4, -0.2) is 36.2 Å². The van der Waals surface area contributed by atoms with E-state index in [4.69, 9.17) is 17.3 Å². The van der Waals surface area contributed by atoms with Gasteiger partial charge in [-0.15, -0.1) is 0 Å². The maximum Gasteiger partial charge on any atom is 0.0881 e. The van der Waals surface area contributed by atoms with E-state index in [1.807, 2.05) is 19.9 Å². The van der Waals surface area contributed by atoms with Gasteiger partial charge in [0.1, 0.15) is 0 Å². The van der Waals surface area contributed by atoms with E-state index < -0.39 is 0 Å². The number of aryl methyl sites for hydroxylation is 2. The Hall–Kier alpha value is -1.63. The summed E-state index contributed by atoms with van der Waals surface area (Å²) >= 11 is 0. The molecule has 6 nitrogen and oxygen atoms in total. The molecular formula is C20H38N6. The highest BCUT2D eigenvalue weighted by Crippen LogP contribution is 2.32. The molecule has 148 valence electrons. The van der Waals surface area contributed by atoms with Crippen LogP contribution in [0.3, 0.4) is 0 Å². The second-order valence-corrected chi connectivity index (χ2v) is 6.85. The zero-order valence-electron chi connectivity index (χ0n) is 17.2. The van der Waals surface area contributed by atoms with E-state index in [2.05, 4.69) is 30.2 Å². The molecule has 0 aromatic carbocycles. The maximum absolute atomic E-state index is 6.35. The normalized spacial score (nSPS) is 15.7. The first-order valence-electron chi connectivity index (χ1n) is 9.82. The van der Waals surface area contributed by atoms with Crippen molar-refractivity contribution in [3.63, 3.8) is 0 Å². The third kappa shape index (κ3) is 6.94. The summed E-state index contributed by atoms with van der Waals surface area (Å²) in [6, 6.07) is 4.19. The lowest BCUT2D eigenvalue weighted by Crippen LogP contribution is -2.39. The van der Waals surface area contributed by atoms with E-state index >= 15 is 0 Å². The van der Waals surface area contributed by atoms with Gasteiger partial charge in [0.15, 0.2) is 0 Å². The summed E-state index contributed by atoms with van der Waals surface area (Å²) in [5.74, 6) is 6.82. The molecule has 1 atom stereocenters. The SMILES string of the molecule is CC.CCc1nc(/C(N)=C(\CNCC(N)CC2CC2)N(C)N)ccc1C. The first-order chi connectivity index (χ1) is 12.4. The van der Waals surface area contributed by atoms with Crippen LogP contribution >= 0.6 is 0 Å². The van der Waals surface area contributed by atoms with Gasteiger partial charge in [-0.2, -0.15) is 0 Å². The van der Waals surface area contributed by atoms with Gasteiger partial charge in [0, 0.05) is 31.9 Å². The number of hydrazine groups is 1. The number of nitrogens with zero attached hydrogens (tertiary/aromatic N) is 2. The Balaban J connectivity index is 0.00000163. The zero-order chi connectivity index (χ0) is 19.7. The highest BCUT2D eigenvalue weighted by atomic mass is 15.4. The van der Waals surface area contributed by atoms with Crippen LogP contribution in [0.2, 0.25) is 0 Å². The van der Waals surface area contributed by atoms with Crippen molar-refractivity contribution >= 4 is 5.70 Å². The third-order valence-electron chi connectivity index (χ3n) is 4.58. The molecule has 1 unspecified atom stereocenters. The summed E-state index contributed by atoms with van der Waals surface area (Å²) in [6.07, 6.45) is 4.64. The minimum absolute atomic E-state index is 0.187. The van der Waals surface area contributed by atoms with Crippen molar-refractivity contribution < 1.29 is 0 Å². The highest BCUT2D eigenvalue weighted by molar-refractivity contribution is 5.63. The molecule has 7 N–H and O–H groups in total. The second-order valence-electron chi connectivity index (χ2n) is 6.85. The van der Waals surface area contributed by atoms with Gasteiger partial charge in [0.25, 0.3) is 0 Å². The molecule has 1 heterocycles. The lowest BCUT2D eigenvalue weighted by Gasteiger charge is -2.21. The predicted molar refractivity (Wildman–Crippen MR) is 111 cm³/mol. The number of rotatable bonds is 9. The monoisotopic (exact) mass is 362 g/mol. The molecule has 1 aliphatic carbocycles. The topological polar surface area (TPSA) is 106 Å². The molecule has 1 saturated carbocycles. The van der Waals surface area contributed by atoms with Gasteiger partial charge in [-0.3, -0.25) is 4.98 Å². The number of aromatic nitrogens is 1. The zero-order valence-corrected chi connectivity index (χ0v) is 17.2. The van der Waals surface area contributed by atoms with Crippen molar-refractivity contribution in [2.24, 2.45) is 23.2 Å². The van der Waals surface area contributed by atoms with Crippen LogP contribution in [-0.2, 0) is 6.42 Å². The molecule has 0 spiro atoms. The number of hydrogen-bond acceptors (Lipinski definition) is 6. The van der Waals surface area contributed by atoms with Crippen molar-refractivity contribution in [2.75, 3.05) is 20.1 Å². The van der Waals surface area contributed by atoms with Crippen LogP contribution in [0.25, 0.3) is 5.70 Å². The van der Waals surface area contributed by atoms with E-state index in [0.29, 0.717) is 12.2 Å². The van der Waals surface area contributed by atoms with Crippen molar-refractivity contribution in [3.05, 3.63) is 34.8 Å². The largest absolute Gasteiger partial charge is 0.395 e. The lowest BCUT2D eigenvalue weighted by molar-refractivity contribution is 0.416. The Morgan fingerprint density at radius 1 is 1.35 bits per heavy atom. The Morgan fingerprint density at radius 2 is 2.00 bits per heavy atom. The number of nitrogens with one attached hydrogen (secondary N) is 1. The molecule has 0 amide bonds. The Bertz CT molecular complexity index is 578. The summed E-state index contributed by atoms with van der Waals surface area (Å²) in [4.78, 5) is 4.67. The van der Waals surface area contributed by atoms with Gasteiger partial charge in [0.05, 0.1) is 17.1 Å². The van der Waals surface area contributed by atoms with Gasteiger partial charge in [-0.25, -0.2) is 5.84 Å². The molecule has 26 heavy (non-hydrogen) atoms. The van der Waals surface area contributed by atoms with Crippen molar-refractivity contribution in [2.45, 2.75) is 59.4 Å². The van der Waals surface area contributed by atoms with Crippen LogP contribution in [0.4, 0.5) is 0 Å². The summed E-state index contributed by atoms with van der Waals surface area (Å²) in [7, 11) is 1.79. The summed E-state index contributed by atoms with van der Waals surface area (Å²) in [6.45, 7) is 9.50. The smallest absolute Gasteiger partial charge is 0.0881 e. The lowest BCUT2D eigenvalue weighted by atomic mass is 10.1. The van der Waals surface area contributed by atoms with Crippen molar-refractivity contribution in [3.8, 4) is 0 Å². The molecule has 1 aromatic rings. The average Bonchev–Trinajstić information content (AvgIpc) is 3.44. The van der Waals surface area contributed by atoms with Crippen LogP contribution in [0.15, 0.2) is 17.8 Å². The molecule has 0 saturated heterocycles. The summed E-state index contributed by atoms with van der Waals surface area (Å²) in [5.41, 5.74) is 16.9. The van der Waals surface area contributed by atoms with Gasteiger partial charge in [-0.1, -0.05) is 39.7 Å². The molecule has 1 aliphatic rings. The first-order valence-corrected chi connectivity index (χ1v) is 9.82. The third-order valence-corrected chi connectivity index (χ3v) is 4.58. The average molecular weight is 363 g/mol. The molecule has 1 fully saturated rings. The Morgan fingerprint density at radius 3 is 2.54 bits per heavy atom. The minimum atomic E-state index is 0.187. The van der Waals surface area contributed by atoms with E-state index in [0.717, 1.165) is 42.4 Å². The highest BCUT2D eigenvalue weighted by Gasteiger charge is 2.23. The Labute approximate surface area is 159 Å². The summed E-state index contributed by atoms with van der Waals surface area (Å²) in [5, 5.41) is 4.94. The van der Waals surface area contributed by atoms with E-state index in [-0.39, 0.29) is 6.04 Å². The quantitative estimate of drug-likeness (QED) is 0.396. The fraction of sp³-hybridized carbons (Fsp3) is 0.650. The van der Waals surface area contributed by atoms with Crippen LogP contribution in [0.5, 0.6) is 0 Å². The fourth-order valence-corrected chi connectivity index (χ4v) is 2.88.